The number of nitrogens with two attached hydrogens (primary N) is 1. The van der Waals surface area contributed by atoms with Gasteiger partial charge in [-0.25, -0.2) is 0 Å². The first-order valence-electron chi connectivity index (χ1n) is 5.28. The fourth-order valence-electron chi connectivity index (χ4n) is 0.998. The zero-order valence-electron chi connectivity index (χ0n) is 8.92. The molecule has 88 valence electrons. The minimum atomic E-state index is -1.37. The highest BCUT2D eigenvalue weighted by atomic mass is 28.3. The van der Waals surface area contributed by atoms with Crippen LogP contribution in [0.2, 0.25) is 6.04 Å². The number of rotatable bonds is 9. The first-order chi connectivity index (χ1) is 6.35. The second-order valence-electron chi connectivity index (χ2n) is 3.10. The fraction of sp³-hybridized carbons (Fsp3) is 1.00. The summed E-state index contributed by atoms with van der Waals surface area (Å²) in [5.41, 5.74) is 5.45. The highest BCUT2D eigenvalue weighted by Gasteiger charge is 2.11. The van der Waals surface area contributed by atoms with Crippen molar-refractivity contribution in [1.29, 1.82) is 0 Å². The van der Waals surface area contributed by atoms with Crippen LogP contribution in [0.4, 0.5) is 0 Å². The van der Waals surface area contributed by atoms with Crippen molar-refractivity contribution in [2.45, 2.75) is 39.2 Å². The van der Waals surface area contributed by atoms with E-state index in [-0.39, 0.29) is 11.0 Å². The zero-order chi connectivity index (χ0) is 9.94. The SMILES string of the molecule is CCCO[SiH](CCCN)OCCC.[SiH4]. The molecule has 0 fully saturated rings. The Morgan fingerprint density at radius 3 is 1.93 bits per heavy atom. The van der Waals surface area contributed by atoms with Gasteiger partial charge in [-0.2, -0.15) is 0 Å². The van der Waals surface area contributed by atoms with Crippen LogP contribution in [-0.2, 0) is 8.85 Å². The van der Waals surface area contributed by atoms with E-state index in [1.807, 2.05) is 0 Å². The van der Waals surface area contributed by atoms with Crippen LogP contribution in [0.5, 0.6) is 0 Å². The van der Waals surface area contributed by atoms with E-state index in [0.29, 0.717) is 0 Å². The first kappa shape index (κ1) is 16.7. The summed E-state index contributed by atoms with van der Waals surface area (Å²) in [5.74, 6) is 0. The molecule has 0 saturated carbocycles. The van der Waals surface area contributed by atoms with Gasteiger partial charge in [0.2, 0.25) is 0 Å². The summed E-state index contributed by atoms with van der Waals surface area (Å²) in [6.45, 7) is 6.66. The molecule has 0 saturated heterocycles. The van der Waals surface area contributed by atoms with E-state index in [2.05, 4.69) is 13.8 Å². The van der Waals surface area contributed by atoms with E-state index in [1.165, 1.54) is 0 Å². The van der Waals surface area contributed by atoms with Gasteiger partial charge in [-0.15, -0.1) is 0 Å². The molecule has 0 bridgehead atoms. The molecule has 0 unspecified atom stereocenters. The van der Waals surface area contributed by atoms with Gasteiger partial charge in [-0.05, 0) is 42.8 Å². The number of hydrogen-bond acceptors (Lipinski definition) is 3. The highest BCUT2D eigenvalue weighted by Crippen LogP contribution is 2.02. The van der Waals surface area contributed by atoms with Gasteiger partial charge in [-0.1, -0.05) is 13.8 Å². The maximum absolute atomic E-state index is 5.66. The van der Waals surface area contributed by atoms with Crippen molar-refractivity contribution in [3.63, 3.8) is 0 Å². The normalized spacial score (nSPS) is 10.3. The van der Waals surface area contributed by atoms with Crippen LogP contribution < -0.4 is 5.73 Å². The molecule has 0 aliphatic rings. The Bertz CT molecular complexity index is 87.8. The van der Waals surface area contributed by atoms with Crippen molar-refractivity contribution < 1.29 is 8.85 Å². The van der Waals surface area contributed by atoms with Gasteiger partial charge >= 0.3 is 9.28 Å². The quantitative estimate of drug-likeness (QED) is 0.572. The Balaban J connectivity index is 0. The molecular weight excluding hydrogens is 210 g/mol. The predicted octanol–water partition coefficient (Wildman–Crippen LogP) is -0.0427. The van der Waals surface area contributed by atoms with Crippen LogP contribution in [0.25, 0.3) is 0 Å². The second-order valence-corrected chi connectivity index (χ2v) is 5.21. The fourth-order valence-corrected chi connectivity index (χ4v) is 2.99. The molecule has 0 amide bonds. The van der Waals surface area contributed by atoms with Gasteiger partial charge in [0.1, 0.15) is 0 Å². The Morgan fingerprint density at radius 2 is 1.57 bits per heavy atom. The summed E-state index contributed by atoms with van der Waals surface area (Å²) in [6.07, 6.45) is 3.17. The molecule has 0 aliphatic carbocycles. The predicted molar refractivity (Wildman–Crippen MR) is 69.4 cm³/mol. The van der Waals surface area contributed by atoms with Crippen LogP contribution in [-0.4, -0.2) is 40.0 Å². The maximum Gasteiger partial charge on any atom is 0.321 e. The molecule has 0 radical (unpaired) electrons. The Kier molecular flexibility index (Phi) is 15.9. The third kappa shape index (κ3) is 10.4. The highest BCUT2D eigenvalue weighted by molar-refractivity contribution is 6.44. The topological polar surface area (TPSA) is 44.5 Å². The second kappa shape index (κ2) is 13.3. The van der Waals surface area contributed by atoms with Crippen LogP contribution in [0.1, 0.15) is 33.1 Å². The molecule has 0 spiro atoms. The Hall–Kier alpha value is 0.314. The molecule has 0 aromatic heterocycles. The lowest BCUT2D eigenvalue weighted by atomic mass is 10.5. The van der Waals surface area contributed by atoms with E-state index in [4.69, 9.17) is 14.6 Å². The van der Waals surface area contributed by atoms with Gasteiger partial charge in [0.15, 0.2) is 0 Å². The monoisotopic (exact) mass is 237 g/mol. The van der Waals surface area contributed by atoms with Gasteiger partial charge < -0.3 is 14.6 Å². The van der Waals surface area contributed by atoms with Crippen LogP contribution in [0.15, 0.2) is 0 Å². The molecule has 0 aliphatic heterocycles. The third-order valence-electron chi connectivity index (χ3n) is 1.66. The molecular formula is C9H27NO2Si2. The molecule has 5 heteroatoms. The smallest absolute Gasteiger partial charge is 0.321 e. The first-order valence-corrected chi connectivity index (χ1v) is 7.04. The molecule has 14 heavy (non-hydrogen) atoms. The Labute approximate surface area is 94.2 Å². The number of hydrogen-bond donors (Lipinski definition) is 1. The molecule has 0 heterocycles. The molecule has 3 nitrogen and oxygen atoms in total. The molecule has 0 aromatic carbocycles. The van der Waals surface area contributed by atoms with Crippen molar-refractivity contribution in [3.05, 3.63) is 0 Å². The van der Waals surface area contributed by atoms with E-state index >= 15 is 0 Å². The lowest BCUT2D eigenvalue weighted by molar-refractivity contribution is 0.196. The lowest BCUT2D eigenvalue weighted by Crippen LogP contribution is -2.24. The van der Waals surface area contributed by atoms with Crippen molar-refractivity contribution in [1.82, 2.24) is 0 Å². The summed E-state index contributed by atoms with van der Waals surface area (Å²) in [5, 5.41) is 0. The van der Waals surface area contributed by atoms with Crippen LogP contribution >= 0.6 is 0 Å². The summed E-state index contributed by atoms with van der Waals surface area (Å²) < 4.78 is 11.3. The van der Waals surface area contributed by atoms with Gasteiger partial charge in [0.05, 0.1) is 0 Å². The summed E-state index contributed by atoms with van der Waals surface area (Å²) in [7, 11) is -1.37. The van der Waals surface area contributed by atoms with Crippen LogP contribution in [0.3, 0.4) is 0 Å². The summed E-state index contributed by atoms with van der Waals surface area (Å²) >= 11 is 0. The van der Waals surface area contributed by atoms with Gasteiger partial charge in [0, 0.05) is 13.2 Å². The van der Waals surface area contributed by atoms with E-state index in [0.717, 1.165) is 45.1 Å². The summed E-state index contributed by atoms with van der Waals surface area (Å²) in [6, 6.07) is 1.05. The van der Waals surface area contributed by atoms with Gasteiger partial charge in [0.25, 0.3) is 0 Å². The zero-order valence-corrected chi connectivity index (χ0v) is 10.1. The lowest BCUT2D eigenvalue weighted by Gasteiger charge is -2.15. The van der Waals surface area contributed by atoms with E-state index in [9.17, 15) is 0 Å². The average molecular weight is 237 g/mol. The van der Waals surface area contributed by atoms with E-state index < -0.39 is 9.28 Å². The molecule has 2 N–H and O–H groups in total. The molecule has 0 atom stereocenters. The van der Waals surface area contributed by atoms with E-state index in [1.54, 1.807) is 0 Å². The summed E-state index contributed by atoms with van der Waals surface area (Å²) in [4.78, 5) is 0. The van der Waals surface area contributed by atoms with Gasteiger partial charge in [-0.3, -0.25) is 0 Å². The third-order valence-corrected chi connectivity index (χ3v) is 3.75. The Morgan fingerprint density at radius 1 is 1.07 bits per heavy atom. The van der Waals surface area contributed by atoms with Crippen LogP contribution in [0, 0.1) is 0 Å². The minimum absolute atomic E-state index is 0. The average Bonchev–Trinajstić information content (AvgIpc) is 2.17. The van der Waals surface area contributed by atoms with Crippen molar-refractivity contribution in [2.24, 2.45) is 5.73 Å². The standard InChI is InChI=1S/C9H23NO2Si.H4Si/c1-3-7-11-13(9-5-6-10)12-8-4-2;/h13H,3-10H2,1-2H3;1H4. The molecule has 0 rings (SSSR count). The van der Waals surface area contributed by atoms with Crippen molar-refractivity contribution in [3.8, 4) is 0 Å². The minimum Gasteiger partial charge on any atom is -0.397 e. The van der Waals surface area contributed by atoms with Crippen molar-refractivity contribution in [2.75, 3.05) is 19.8 Å². The maximum atomic E-state index is 5.66. The van der Waals surface area contributed by atoms with Crippen molar-refractivity contribution >= 4 is 20.2 Å². The molecule has 0 aromatic rings. The largest absolute Gasteiger partial charge is 0.397 e.